The Hall–Kier alpha value is -3.15. The van der Waals surface area contributed by atoms with Crippen LogP contribution in [0.4, 0.5) is 0 Å². The zero-order valence-electron chi connectivity index (χ0n) is 13.6. The number of hydrogen-bond donors (Lipinski definition) is 3. The summed E-state index contributed by atoms with van der Waals surface area (Å²) in [6.45, 7) is -0.260. The third-order valence-corrected chi connectivity index (χ3v) is 3.57. The molecule has 0 radical (unpaired) electrons. The van der Waals surface area contributed by atoms with Gasteiger partial charge in [-0.15, -0.1) is 0 Å². The molecule has 0 aliphatic rings. The van der Waals surface area contributed by atoms with Crippen molar-refractivity contribution in [2.75, 3.05) is 6.54 Å². The molecule has 1 atom stereocenters. The summed E-state index contributed by atoms with van der Waals surface area (Å²) in [6.07, 6.45) is 0.348. The Bertz CT molecular complexity index is 717. The highest BCUT2D eigenvalue weighted by molar-refractivity contribution is 5.88. The molecule has 0 aliphatic heterocycles. The smallest absolute Gasteiger partial charge is 0.326 e. The van der Waals surface area contributed by atoms with Gasteiger partial charge in [0.1, 0.15) is 6.04 Å². The molecule has 3 N–H and O–H groups in total. The van der Waals surface area contributed by atoms with E-state index in [2.05, 4.69) is 10.6 Å². The van der Waals surface area contributed by atoms with E-state index in [0.29, 0.717) is 0 Å². The molecule has 0 bridgehead atoms. The number of amides is 2. The van der Waals surface area contributed by atoms with Crippen LogP contribution in [0.25, 0.3) is 0 Å². The standard InChI is InChI=1S/C19H20N2O4/c22-17(12-15-9-5-2-6-10-15)20-13-18(23)21-16(19(24)25)11-14-7-3-1-4-8-14/h1-10,16H,11-13H2,(H,20,22)(H,21,23)(H,24,25). The molecular weight excluding hydrogens is 320 g/mol. The Kier molecular flexibility index (Phi) is 6.71. The molecule has 130 valence electrons. The molecule has 0 aromatic heterocycles. The summed E-state index contributed by atoms with van der Waals surface area (Å²) in [4.78, 5) is 35.1. The van der Waals surface area contributed by atoms with Crippen LogP contribution in [0.1, 0.15) is 11.1 Å². The van der Waals surface area contributed by atoms with Crippen LogP contribution < -0.4 is 10.6 Å². The van der Waals surface area contributed by atoms with Gasteiger partial charge < -0.3 is 15.7 Å². The predicted molar refractivity (Wildman–Crippen MR) is 92.9 cm³/mol. The molecule has 0 saturated heterocycles. The lowest BCUT2D eigenvalue weighted by atomic mass is 10.1. The van der Waals surface area contributed by atoms with Crippen LogP contribution in [0.15, 0.2) is 60.7 Å². The molecule has 0 saturated carbocycles. The number of aliphatic carboxylic acids is 1. The minimum absolute atomic E-state index is 0.167. The lowest BCUT2D eigenvalue weighted by Gasteiger charge is -2.15. The fourth-order valence-corrected chi connectivity index (χ4v) is 2.32. The number of nitrogens with one attached hydrogen (secondary N) is 2. The van der Waals surface area contributed by atoms with E-state index >= 15 is 0 Å². The van der Waals surface area contributed by atoms with Crippen molar-refractivity contribution < 1.29 is 19.5 Å². The van der Waals surface area contributed by atoms with Gasteiger partial charge in [-0.2, -0.15) is 0 Å². The van der Waals surface area contributed by atoms with E-state index < -0.39 is 17.9 Å². The fraction of sp³-hybridized carbons (Fsp3) is 0.211. The molecule has 0 spiro atoms. The first-order valence-corrected chi connectivity index (χ1v) is 7.91. The second kappa shape index (κ2) is 9.22. The number of carboxylic acids is 1. The lowest BCUT2D eigenvalue weighted by Crippen LogP contribution is -2.46. The molecule has 6 nitrogen and oxygen atoms in total. The first kappa shape index (κ1) is 18.2. The SMILES string of the molecule is O=C(Cc1ccccc1)NCC(=O)NC(Cc1ccccc1)C(=O)O. The Balaban J connectivity index is 1.80. The topological polar surface area (TPSA) is 95.5 Å². The second-order valence-electron chi connectivity index (χ2n) is 5.59. The number of carboxylic acid groups (broad SMARTS) is 1. The Morgan fingerprint density at radius 1 is 0.840 bits per heavy atom. The van der Waals surface area contributed by atoms with E-state index in [9.17, 15) is 19.5 Å². The largest absolute Gasteiger partial charge is 0.480 e. The number of hydrogen-bond acceptors (Lipinski definition) is 3. The van der Waals surface area contributed by atoms with Gasteiger partial charge in [-0.25, -0.2) is 4.79 Å². The highest BCUT2D eigenvalue weighted by Gasteiger charge is 2.20. The monoisotopic (exact) mass is 340 g/mol. The van der Waals surface area contributed by atoms with Gasteiger partial charge in [-0.05, 0) is 11.1 Å². The number of rotatable bonds is 8. The van der Waals surface area contributed by atoms with Crippen LogP contribution in [-0.4, -0.2) is 35.5 Å². The summed E-state index contributed by atoms with van der Waals surface area (Å²) < 4.78 is 0. The highest BCUT2D eigenvalue weighted by Crippen LogP contribution is 2.03. The van der Waals surface area contributed by atoms with Gasteiger partial charge in [-0.1, -0.05) is 60.7 Å². The molecule has 1 unspecified atom stereocenters. The maximum absolute atomic E-state index is 11.9. The molecule has 0 heterocycles. The van der Waals surface area contributed by atoms with Gasteiger partial charge in [-0.3, -0.25) is 9.59 Å². The number of carbonyl (C=O) groups is 3. The van der Waals surface area contributed by atoms with Gasteiger partial charge >= 0.3 is 5.97 Å². The maximum atomic E-state index is 11.9. The Morgan fingerprint density at radius 3 is 1.96 bits per heavy atom. The molecular formula is C19H20N2O4. The van der Waals surface area contributed by atoms with Crippen LogP contribution >= 0.6 is 0 Å². The molecule has 2 rings (SSSR count). The van der Waals surface area contributed by atoms with Crippen molar-refractivity contribution in [2.45, 2.75) is 18.9 Å². The lowest BCUT2D eigenvalue weighted by molar-refractivity contribution is -0.141. The van der Waals surface area contributed by atoms with Gasteiger partial charge in [0.15, 0.2) is 0 Å². The normalized spacial score (nSPS) is 11.4. The van der Waals surface area contributed by atoms with Crippen molar-refractivity contribution in [3.63, 3.8) is 0 Å². The highest BCUT2D eigenvalue weighted by atomic mass is 16.4. The van der Waals surface area contributed by atoms with Crippen molar-refractivity contribution >= 4 is 17.8 Å². The second-order valence-corrected chi connectivity index (χ2v) is 5.59. The Morgan fingerprint density at radius 2 is 1.40 bits per heavy atom. The van der Waals surface area contributed by atoms with E-state index in [1.807, 2.05) is 36.4 Å². The summed E-state index contributed by atoms with van der Waals surface area (Å²) in [6, 6.07) is 17.1. The molecule has 2 aromatic rings. The van der Waals surface area contributed by atoms with Crippen molar-refractivity contribution in [3.05, 3.63) is 71.8 Å². The fourth-order valence-electron chi connectivity index (χ4n) is 2.32. The summed E-state index contributed by atoms with van der Waals surface area (Å²) in [5.74, 6) is -1.95. The van der Waals surface area contributed by atoms with Crippen molar-refractivity contribution in [3.8, 4) is 0 Å². The first-order chi connectivity index (χ1) is 12.0. The zero-order chi connectivity index (χ0) is 18.1. The molecule has 2 aromatic carbocycles. The van der Waals surface area contributed by atoms with Gasteiger partial charge in [0.25, 0.3) is 0 Å². The molecule has 25 heavy (non-hydrogen) atoms. The average molecular weight is 340 g/mol. The minimum Gasteiger partial charge on any atom is -0.480 e. The van der Waals surface area contributed by atoms with E-state index in [1.54, 1.807) is 24.3 Å². The van der Waals surface area contributed by atoms with E-state index in [1.165, 1.54) is 0 Å². The summed E-state index contributed by atoms with van der Waals surface area (Å²) in [7, 11) is 0. The van der Waals surface area contributed by atoms with Crippen LogP contribution in [0.5, 0.6) is 0 Å². The van der Waals surface area contributed by atoms with Crippen molar-refractivity contribution in [1.29, 1.82) is 0 Å². The minimum atomic E-state index is -1.12. The molecule has 0 fully saturated rings. The van der Waals surface area contributed by atoms with Crippen LogP contribution in [-0.2, 0) is 27.2 Å². The summed E-state index contributed by atoms with van der Waals surface area (Å²) >= 11 is 0. The maximum Gasteiger partial charge on any atom is 0.326 e. The predicted octanol–water partition coefficient (Wildman–Crippen LogP) is 1.16. The van der Waals surface area contributed by atoms with E-state index in [0.717, 1.165) is 11.1 Å². The first-order valence-electron chi connectivity index (χ1n) is 7.91. The molecule has 2 amide bonds. The van der Waals surface area contributed by atoms with Gasteiger partial charge in [0, 0.05) is 6.42 Å². The zero-order valence-corrected chi connectivity index (χ0v) is 13.6. The summed E-state index contributed by atoms with van der Waals surface area (Å²) in [5.41, 5.74) is 1.65. The number of benzene rings is 2. The molecule has 0 aliphatic carbocycles. The van der Waals surface area contributed by atoms with Gasteiger partial charge in [0.2, 0.25) is 11.8 Å². The van der Waals surface area contributed by atoms with Gasteiger partial charge in [0.05, 0.1) is 13.0 Å². The quantitative estimate of drug-likeness (QED) is 0.672. The van der Waals surface area contributed by atoms with Crippen LogP contribution in [0.2, 0.25) is 0 Å². The molecule has 6 heteroatoms. The average Bonchev–Trinajstić information content (AvgIpc) is 2.61. The van der Waals surface area contributed by atoms with Crippen LogP contribution in [0.3, 0.4) is 0 Å². The van der Waals surface area contributed by atoms with E-state index in [-0.39, 0.29) is 25.3 Å². The van der Waals surface area contributed by atoms with Crippen molar-refractivity contribution in [2.24, 2.45) is 0 Å². The van der Waals surface area contributed by atoms with Crippen LogP contribution in [0, 0.1) is 0 Å². The van der Waals surface area contributed by atoms with Crippen molar-refractivity contribution in [1.82, 2.24) is 10.6 Å². The third-order valence-electron chi connectivity index (χ3n) is 3.57. The Labute approximate surface area is 145 Å². The number of carbonyl (C=O) groups excluding carboxylic acids is 2. The third kappa shape index (κ3) is 6.47. The van der Waals surface area contributed by atoms with E-state index in [4.69, 9.17) is 0 Å². The summed E-state index contributed by atoms with van der Waals surface area (Å²) in [5, 5.41) is 14.2.